The van der Waals surface area contributed by atoms with Crippen molar-refractivity contribution in [2.24, 2.45) is 0 Å². The molecule has 0 spiro atoms. The van der Waals surface area contributed by atoms with Crippen molar-refractivity contribution >= 4 is 0 Å². The highest BCUT2D eigenvalue weighted by Crippen LogP contribution is 2.42. The van der Waals surface area contributed by atoms with Crippen molar-refractivity contribution < 1.29 is 14.2 Å². The molecule has 1 fully saturated rings. The minimum absolute atomic E-state index is 0.0237. The van der Waals surface area contributed by atoms with Crippen LogP contribution in [0.1, 0.15) is 32.6 Å². The molecule has 4 nitrogen and oxygen atoms in total. The van der Waals surface area contributed by atoms with Gasteiger partial charge in [0.05, 0.1) is 0 Å². The van der Waals surface area contributed by atoms with E-state index in [0.29, 0.717) is 6.79 Å². The Bertz CT molecular complexity index is 443. The molecule has 1 saturated carbocycles. The molecule has 2 aliphatic rings. The van der Waals surface area contributed by atoms with Crippen molar-refractivity contribution in [3.8, 4) is 17.2 Å². The third-order valence-electron chi connectivity index (χ3n) is 3.95. The summed E-state index contributed by atoms with van der Waals surface area (Å²) in [7, 11) is 0. The van der Waals surface area contributed by atoms with Crippen LogP contribution in [0.25, 0.3) is 0 Å². The normalized spacial score (nSPS) is 19.0. The second-order valence-electron chi connectivity index (χ2n) is 5.26. The maximum atomic E-state index is 6.23. The molecule has 4 heteroatoms. The van der Waals surface area contributed by atoms with Crippen LogP contribution in [0.15, 0.2) is 18.2 Å². The van der Waals surface area contributed by atoms with Gasteiger partial charge in [-0.25, -0.2) is 0 Å². The molecule has 0 atom stereocenters. The highest BCUT2D eigenvalue weighted by Gasteiger charge is 2.39. The Balaban J connectivity index is 1.65. The summed E-state index contributed by atoms with van der Waals surface area (Å²) in [6, 6.07) is 5.84. The first-order valence-electron chi connectivity index (χ1n) is 7.11. The van der Waals surface area contributed by atoms with E-state index in [1.165, 1.54) is 6.42 Å². The van der Waals surface area contributed by atoms with Crippen LogP contribution in [-0.4, -0.2) is 25.5 Å². The standard InChI is InChI=1S/C15H21NO3/c1-2-16-9-8-15(6-3-7-15)19-12-4-5-13-14(10-12)18-11-17-13/h4-5,10,16H,2-3,6-9,11H2,1H3. The highest BCUT2D eigenvalue weighted by atomic mass is 16.7. The first-order chi connectivity index (χ1) is 9.31. The summed E-state index contributed by atoms with van der Waals surface area (Å²) in [5, 5.41) is 3.37. The van der Waals surface area contributed by atoms with Gasteiger partial charge < -0.3 is 19.5 Å². The molecule has 1 N–H and O–H groups in total. The van der Waals surface area contributed by atoms with E-state index in [1.54, 1.807) is 0 Å². The van der Waals surface area contributed by atoms with Crippen molar-refractivity contribution in [3.63, 3.8) is 0 Å². The van der Waals surface area contributed by atoms with Gasteiger partial charge in [0, 0.05) is 6.07 Å². The molecular formula is C15H21NO3. The number of nitrogens with one attached hydrogen (secondary N) is 1. The average Bonchev–Trinajstić information content (AvgIpc) is 2.83. The van der Waals surface area contributed by atoms with Crippen molar-refractivity contribution in [1.82, 2.24) is 5.32 Å². The predicted molar refractivity (Wildman–Crippen MR) is 72.9 cm³/mol. The van der Waals surface area contributed by atoms with Crippen LogP contribution in [0.5, 0.6) is 17.2 Å². The average molecular weight is 263 g/mol. The Kier molecular flexibility index (Phi) is 3.51. The number of ether oxygens (including phenoxy) is 3. The first kappa shape index (κ1) is 12.6. The maximum Gasteiger partial charge on any atom is 0.231 e. The SMILES string of the molecule is CCNCCC1(Oc2ccc3c(c2)OCO3)CCC1. The van der Waals surface area contributed by atoms with Gasteiger partial charge in [0.15, 0.2) is 11.5 Å². The van der Waals surface area contributed by atoms with Gasteiger partial charge in [0.2, 0.25) is 6.79 Å². The second-order valence-corrected chi connectivity index (χ2v) is 5.26. The molecule has 1 aliphatic heterocycles. The number of benzene rings is 1. The van der Waals surface area contributed by atoms with Crippen LogP contribution < -0.4 is 19.5 Å². The summed E-state index contributed by atoms with van der Waals surface area (Å²) in [5.41, 5.74) is 0.0237. The Hall–Kier alpha value is -1.42. The predicted octanol–water partition coefficient (Wildman–Crippen LogP) is 2.72. The third kappa shape index (κ3) is 2.63. The summed E-state index contributed by atoms with van der Waals surface area (Å²) in [5.74, 6) is 2.49. The van der Waals surface area contributed by atoms with E-state index in [0.717, 1.165) is 49.6 Å². The van der Waals surface area contributed by atoms with Crippen molar-refractivity contribution in [1.29, 1.82) is 0 Å². The van der Waals surface area contributed by atoms with Gasteiger partial charge in [0.1, 0.15) is 11.4 Å². The number of hydrogen-bond acceptors (Lipinski definition) is 4. The summed E-state index contributed by atoms with van der Waals surface area (Å²) in [6.45, 7) is 4.47. The quantitative estimate of drug-likeness (QED) is 0.801. The van der Waals surface area contributed by atoms with E-state index in [-0.39, 0.29) is 5.60 Å². The van der Waals surface area contributed by atoms with Crippen molar-refractivity contribution in [3.05, 3.63) is 18.2 Å². The van der Waals surface area contributed by atoms with E-state index >= 15 is 0 Å². The fourth-order valence-corrected chi connectivity index (χ4v) is 2.66. The Morgan fingerprint density at radius 1 is 1.26 bits per heavy atom. The van der Waals surface area contributed by atoms with Crippen LogP contribution in [-0.2, 0) is 0 Å². The zero-order valence-electron chi connectivity index (χ0n) is 11.4. The van der Waals surface area contributed by atoms with Gasteiger partial charge >= 0.3 is 0 Å². The largest absolute Gasteiger partial charge is 0.487 e. The van der Waals surface area contributed by atoms with Gasteiger partial charge in [-0.15, -0.1) is 0 Å². The maximum absolute atomic E-state index is 6.23. The van der Waals surface area contributed by atoms with Crippen molar-refractivity contribution in [2.45, 2.75) is 38.2 Å². The summed E-state index contributed by atoms with van der Waals surface area (Å²) < 4.78 is 16.9. The molecule has 3 rings (SSSR count). The lowest BCUT2D eigenvalue weighted by molar-refractivity contribution is -0.0142. The van der Waals surface area contributed by atoms with Crippen molar-refractivity contribution in [2.75, 3.05) is 19.9 Å². The van der Waals surface area contributed by atoms with Crippen LogP contribution >= 0.6 is 0 Å². The summed E-state index contributed by atoms with van der Waals surface area (Å²) >= 11 is 0. The molecule has 1 heterocycles. The number of rotatable bonds is 6. The molecule has 0 amide bonds. The van der Waals surface area contributed by atoms with E-state index in [9.17, 15) is 0 Å². The molecule has 0 saturated heterocycles. The molecule has 0 unspecified atom stereocenters. The Labute approximate surface area is 114 Å². The lowest BCUT2D eigenvalue weighted by Crippen LogP contribution is -2.45. The molecule has 0 radical (unpaired) electrons. The second kappa shape index (κ2) is 5.29. The van der Waals surface area contributed by atoms with Crippen LogP contribution in [0, 0.1) is 0 Å². The number of fused-ring (bicyclic) bond motifs is 1. The molecule has 1 aliphatic carbocycles. The van der Waals surface area contributed by atoms with Gasteiger partial charge in [-0.2, -0.15) is 0 Å². The van der Waals surface area contributed by atoms with Crippen LogP contribution in [0.2, 0.25) is 0 Å². The molecule has 104 valence electrons. The Morgan fingerprint density at radius 3 is 2.84 bits per heavy atom. The van der Waals surface area contributed by atoms with Gasteiger partial charge in [0.25, 0.3) is 0 Å². The monoisotopic (exact) mass is 263 g/mol. The van der Waals surface area contributed by atoms with Crippen LogP contribution in [0.4, 0.5) is 0 Å². The molecular weight excluding hydrogens is 242 g/mol. The minimum atomic E-state index is 0.0237. The van der Waals surface area contributed by atoms with Gasteiger partial charge in [-0.05, 0) is 50.9 Å². The van der Waals surface area contributed by atoms with E-state index in [4.69, 9.17) is 14.2 Å². The van der Waals surface area contributed by atoms with Gasteiger partial charge in [-0.1, -0.05) is 6.92 Å². The van der Waals surface area contributed by atoms with E-state index in [1.807, 2.05) is 18.2 Å². The summed E-state index contributed by atoms with van der Waals surface area (Å²) in [6.07, 6.45) is 4.62. The van der Waals surface area contributed by atoms with E-state index in [2.05, 4.69) is 12.2 Å². The molecule has 0 aromatic heterocycles. The summed E-state index contributed by atoms with van der Waals surface area (Å²) in [4.78, 5) is 0. The molecule has 1 aromatic rings. The third-order valence-corrected chi connectivity index (χ3v) is 3.95. The molecule has 19 heavy (non-hydrogen) atoms. The van der Waals surface area contributed by atoms with Gasteiger partial charge in [-0.3, -0.25) is 0 Å². The first-order valence-corrected chi connectivity index (χ1v) is 7.11. The minimum Gasteiger partial charge on any atom is -0.487 e. The molecule has 0 bridgehead atoms. The number of hydrogen-bond donors (Lipinski definition) is 1. The smallest absolute Gasteiger partial charge is 0.231 e. The molecule has 1 aromatic carbocycles. The highest BCUT2D eigenvalue weighted by molar-refractivity contribution is 5.47. The lowest BCUT2D eigenvalue weighted by atomic mass is 9.77. The van der Waals surface area contributed by atoms with Crippen LogP contribution in [0.3, 0.4) is 0 Å². The topological polar surface area (TPSA) is 39.7 Å². The fraction of sp³-hybridized carbons (Fsp3) is 0.600. The van der Waals surface area contributed by atoms with E-state index < -0.39 is 0 Å². The Morgan fingerprint density at radius 2 is 2.11 bits per heavy atom. The fourth-order valence-electron chi connectivity index (χ4n) is 2.66. The zero-order chi connectivity index (χ0) is 13.1. The zero-order valence-corrected chi connectivity index (χ0v) is 11.4. The lowest BCUT2D eigenvalue weighted by Gasteiger charge is -2.42.